The number of nitrogens with zero attached hydrogens (tertiary/aromatic N) is 4. The molecule has 1 N–H and O–H groups in total. The number of aliphatic hydroxyl groups is 1. The maximum Gasteiger partial charge on any atom is 0.136 e. The summed E-state index contributed by atoms with van der Waals surface area (Å²) in [5, 5.41) is 11.1. The van der Waals surface area contributed by atoms with Crippen molar-refractivity contribution in [1.29, 1.82) is 0 Å². The molecule has 3 aromatic rings. The van der Waals surface area contributed by atoms with E-state index >= 15 is 4.39 Å². The van der Waals surface area contributed by atoms with Crippen LogP contribution in [0.3, 0.4) is 0 Å². The molecule has 1 aliphatic heterocycles. The number of allylic oxidation sites excluding steroid dienone is 2. The van der Waals surface area contributed by atoms with E-state index in [1.807, 2.05) is 18.7 Å². The van der Waals surface area contributed by atoms with Gasteiger partial charge in [0.05, 0.1) is 35.5 Å². The highest BCUT2D eigenvalue weighted by atomic mass is 19.1. The van der Waals surface area contributed by atoms with E-state index in [-0.39, 0.29) is 16.6 Å². The lowest BCUT2D eigenvalue weighted by atomic mass is 9.98. The first-order valence-corrected chi connectivity index (χ1v) is 11.0. The van der Waals surface area contributed by atoms with Gasteiger partial charge in [0.25, 0.3) is 0 Å². The lowest BCUT2D eigenvalue weighted by Gasteiger charge is -2.29. The second kappa shape index (κ2) is 10.2. The van der Waals surface area contributed by atoms with Crippen LogP contribution in [-0.4, -0.2) is 47.6 Å². The van der Waals surface area contributed by atoms with Gasteiger partial charge in [-0.3, -0.25) is 4.99 Å². The molecule has 8 heteroatoms. The molecular formula is C26H26F2N4O2. The molecule has 1 fully saturated rings. The van der Waals surface area contributed by atoms with Crippen LogP contribution in [0.4, 0.5) is 14.5 Å². The number of ether oxygens (including phenoxy) is 1. The van der Waals surface area contributed by atoms with Crippen molar-refractivity contribution < 1.29 is 18.6 Å². The van der Waals surface area contributed by atoms with E-state index in [0.717, 1.165) is 5.57 Å². The SMILES string of the molecule is C=CC=NC(=C(C)C)C(O)c1ccc(F)c(-c2ncnc3cc(N4CCOCC4)cc(F)c23)c1. The van der Waals surface area contributed by atoms with Crippen molar-refractivity contribution in [2.45, 2.75) is 20.0 Å². The van der Waals surface area contributed by atoms with Crippen molar-refractivity contribution in [3.63, 3.8) is 0 Å². The fourth-order valence-electron chi connectivity index (χ4n) is 3.99. The molecule has 0 radical (unpaired) electrons. The minimum absolute atomic E-state index is 0.0720. The highest BCUT2D eigenvalue weighted by Crippen LogP contribution is 2.35. The second-order valence-corrected chi connectivity index (χ2v) is 8.18. The van der Waals surface area contributed by atoms with Crippen LogP contribution in [0.2, 0.25) is 0 Å². The summed E-state index contributed by atoms with van der Waals surface area (Å²) >= 11 is 0. The summed E-state index contributed by atoms with van der Waals surface area (Å²) in [6, 6.07) is 7.39. The van der Waals surface area contributed by atoms with Gasteiger partial charge in [0, 0.05) is 30.6 Å². The Labute approximate surface area is 196 Å². The molecule has 0 saturated carbocycles. The Bertz CT molecular complexity index is 1280. The standard InChI is InChI=1S/C26H26F2N4O2/c1-4-7-29-24(16(2)3)26(33)17-5-6-20(27)19(12-17)25-23-21(28)13-18(14-22(23)30-15-31-25)32-8-10-34-11-9-32/h4-7,12-15,26,33H,1,8-11H2,2-3H3. The minimum Gasteiger partial charge on any atom is -0.382 e. The molecule has 0 bridgehead atoms. The van der Waals surface area contributed by atoms with Gasteiger partial charge < -0.3 is 14.7 Å². The number of hydrogen-bond donors (Lipinski definition) is 1. The Hall–Kier alpha value is -3.49. The van der Waals surface area contributed by atoms with Crippen molar-refractivity contribution >= 4 is 22.8 Å². The predicted molar refractivity (Wildman–Crippen MR) is 130 cm³/mol. The molecule has 2 aromatic carbocycles. The van der Waals surface area contributed by atoms with Crippen LogP contribution in [0.5, 0.6) is 0 Å². The van der Waals surface area contributed by atoms with Gasteiger partial charge in [-0.15, -0.1) is 0 Å². The summed E-state index contributed by atoms with van der Waals surface area (Å²) in [6.07, 6.45) is 3.17. The zero-order valence-electron chi connectivity index (χ0n) is 19.1. The van der Waals surface area contributed by atoms with Gasteiger partial charge >= 0.3 is 0 Å². The van der Waals surface area contributed by atoms with Crippen molar-refractivity contribution in [2.24, 2.45) is 4.99 Å². The molecule has 0 aliphatic carbocycles. The number of aliphatic imine (C=N–C) groups is 1. The Kier molecular flexibility index (Phi) is 7.09. The van der Waals surface area contributed by atoms with E-state index in [0.29, 0.717) is 48.8 Å². The molecule has 1 aliphatic rings. The smallest absolute Gasteiger partial charge is 0.136 e. The fourth-order valence-corrected chi connectivity index (χ4v) is 3.99. The third-order valence-electron chi connectivity index (χ3n) is 5.70. The average Bonchev–Trinajstić information content (AvgIpc) is 2.84. The molecule has 1 aromatic heterocycles. The van der Waals surface area contributed by atoms with Crippen LogP contribution >= 0.6 is 0 Å². The molecule has 1 unspecified atom stereocenters. The number of rotatable bonds is 6. The number of halogens is 2. The maximum absolute atomic E-state index is 15.4. The van der Waals surface area contributed by atoms with Gasteiger partial charge in [0.1, 0.15) is 24.1 Å². The molecular weight excluding hydrogens is 438 g/mol. The largest absolute Gasteiger partial charge is 0.382 e. The van der Waals surface area contributed by atoms with E-state index in [9.17, 15) is 9.50 Å². The van der Waals surface area contributed by atoms with Crippen LogP contribution in [0.1, 0.15) is 25.5 Å². The first-order chi connectivity index (χ1) is 16.4. The van der Waals surface area contributed by atoms with Gasteiger partial charge in [-0.2, -0.15) is 0 Å². The van der Waals surface area contributed by atoms with Gasteiger partial charge in [-0.1, -0.05) is 24.3 Å². The predicted octanol–water partition coefficient (Wildman–Crippen LogP) is 5.00. The number of aliphatic hydroxyl groups excluding tert-OH is 1. The van der Waals surface area contributed by atoms with Crippen LogP contribution in [0.15, 0.2) is 65.6 Å². The lowest BCUT2D eigenvalue weighted by Crippen LogP contribution is -2.36. The Morgan fingerprint density at radius 3 is 2.62 bits per heavy atom. The van der Waals surface area contributed by atoms with E-state index in [4.69, 9.17) is 4.74 Å². The Balaban J connectivity index is 1.81. The molecule has 4 rings (SSSR count). The minimum atomic E-state index is -1.11. The topological polar surface area (TPSA) is 70.8 Å². The molecule has 2 heterocycles. The normalized spacial score (nSPS) is 15.0. The monoisotopic (exact) mass is 464 g/mol. The van der Waals surface area contributed by atoms with E-state index < -0.39 is 17.7 Å². The Morgan fingerprint density at radius 1 is 1.15 bits per heavy atom. The molecule has 6 nitrogen and oxygen atoms in total. The van der Waals surface area contributed by atoms with Crippen molar-refractivity contribution in [3.8, 4) is 11.3 Å². The molecule has 34 heavy (non-hydrogen) atoms. The summed E-state index contributed by atoms with van der Waals surface area (Å²) in [7, 11) is 0. The summed E-state index contributed by atoms with van der Waals surface area (Å²) in [5.41, 5.74) is 2.88. The molecule has 176 valence electrons. The summed E-state index contributed by atoms with van der Waals surface area (Å²) in [5.74, 6) is -1.12. The van der Waals surface area contributed by atoms with Gasteiger partial charge in [0.2, 0.25) is 0 Å². The zero-order valence-corrected chi connectivity index (χ0v) is 19.1. The van der Waals surface area contributed by atoms with Gasteiger partial charge in [0.15, 0.2) is 0 Å². The third kappa shape index (κ3) is 4.73. The summed E-state index contributed by atoms with van der Waals surface area (Å²) in [6.45, 7) is 9.69. The number of aromatic nitrogens is 2. The number of anilines is 1. The maximum atomic E-state index is 15.4. The van der Waals surface area contributed by atoms with E-state index in [1.54, 1.807) is 6.07 Å². The quantitative estimate of drug-likeness (QED) is 0.520. The molecule has 0 spiro atoms. The highest BCUT2D eigenvalue weighted by Gasteiger charge is 2.21. The lowest BCUT2D eigenvalue weighted by molar-refractivity contribution is 0.122. The van der Waals surface area contributed by atoms with Gasteiger partial charge in [-0.25, -0.2) is 18.7 Å². The number of morpholine rings is 1. The van der Waals surface area contributed by atoms with Crippen molar-refractivity contribution in [2.75, 3.05) is 31.2 Å². The summed E-state index contributed by atoms with van der Waals surface area (Å²) < 4.78 is 35.7. The number of hydrogen-bond acceptors (Lipinski definition) is 6. The fraction of sp³-hybridized carbons (Fsp3) is 0.269. The third-order valence-corrected chi connectivity index (χ3v) is 5.70. The summed E-state index contributed by atoms with van der Waals surface area (Å²) in [4.78, 5) is 14.7. The van der Waals surface area contributed by atoms with Gasteiger partial charge in [-0.05, 0) is 43.7 Å². The van der Waals surface area contributed by atoms with Crippen molar-refractivity contribution in [3.05, 3.63) is 77.8 Å². The molecule has 1 saturated heterocycles. The number of fused-ring (bicyclic) bond motifs is 1. The zero-order chi connectivity index (χ0) is 24.2. The first-order valence-electron chi connectivity index (χ1n) is 11.0. The van der Waals surface area contributed by atoms with E-state index in [1.165, 1.54) is 42.9 Å². The highest BCUT2D eigenvalue weighted by molar-refractivity contribution is 5.94. The first kappa shape index (κ1) is 23.7. The number of benzene rings is 2. The van der Waals surface area contributed by atoms with Crippen LogP contribution in [-0.2, 0) is 4.74 Å². The van der Waals surface area contributed by atoms with Crippen LogP contribution < -0.4 is 4.90 Å². The average molecular weight is 465 g/mol. The van der Waals surface area contributed by atoms with E-state index in [2.05, 4.69) is 21.5 Å². The van der Waals surface area contributed by atoms with Crippen molar-refractivity contribution in [1.82, 2.24) is 9.97 Å². The Morgan fingerprint density at radius 2 is 1.91 bits per heavy atom. The molecule has 0 amide bonds. The second-order valence-electron chi connectivity index (χ2n) is 8.18. The van der Waals surface area contributed by atoms with Crippen LogP contribution in [0.25, 0.3) is 22.2 Å². The molecule has 1 atom stereocenters. The van der Waals surface area contributed by atoms with Crippen LogP contribution in [0, 0.1) is 11.6 Å².